The lowest BCUT2D eigenvalue weighted by Gasteiger charge is -2.18. The fraction of sp³-hybridized carbons (Fsp3) is 0.565. The average molecular weight is 411 g/mol. The minimum atomic E-state index is 0.0792. The van der Waals surface area contributed by atoms with Gasteiger partial charge < -0.3 is 14.3 Å². The number of amides is 2. The van der Waals surface area contributed by atoms with E-state index in [1.807, 2.05) is 36.2 Å². The first-order chi connectivity index (χ1) is 14.6. The van der Waals surface area contributed by atoms with Gasteiger partial charge >= 0.3 is 0 Å². The third-order valence-electron chi connectivity index (χ3n) is 6.27. The topological polar surface area (TPSA) is 79.5 Å². The Morgan fingerprint density at radius 2 is 1.80 bits per heavy atom. The molecule has 2 fully saturated rings. The van der Waals surface area contributed by atoms with Crippen LogP contribution in [0.5, 0.6) is 0 Å². The summed E-state index contributed by atoms with van der Waals surface area (Å²) in [6.45, 7) is 2.25. The Kier molecular flexibility index (Phi) is 6.45. The van der Waals surface area contributed by atoms with E-state index in [0.29, 0.717) is 42.6 Å². The van der Waals surface area contributed by atoms with Crippen LogP contribution in [0.15, 0.2) is 28.8 Å². The number of likely N-dealkylation sites (tertiary alicyclic amines) is 1. The Labute approximate surface area is 177 Å². The first-order valence-corrected chi connectivity index (χ1v) is 11.1. The molecule has 1 aromatic heterocycles. The zero-order valence-corrected chi connectivity index (χ0v) is 17.7. The minimum Gasteiger partial charge on any atom is -0.345 e. The molecule has 7 nitrogen and oxygen atoms in total. The fourth-order valence-electron chi connectivity index (χ4n) is 4.34. The first-order valence-electron chi connectivity index (χ1n) is 11.1. The lowest BCUT2D eigenvalue weighted by molar-refractivity contribution is -0.130. The summed E-state index contributed by atoms with van der Waals surface area (Å²) in [6, 6.07) is 7.32. The molecule has 2 amide bonds. The monoisotopic (exact) mass is 410 g/mol. The number of aromatic nitrogens is 2. The van der Waals surface area contributed by atoms with E-state index in [1.165, 1.54) is 25.7 Å². The van der Waals surface area contributed by atoms with Crippen LogP contribution in [0.2, 0.25) is 0 Å². The van der Waals surface area contributed by atoms with Gasteiger partial charge in [0.1, 0.15) is 0 Å². The molecule has 1 saturated carbocycles. The summed E-state index contributed by atoms with van der Waals surface area (Å²) in [7, 11) is 1.84. The van der Waals surface area contributed by atoms with Crippen molar-refractivity contribution in [1.82, 2.24) is 19.9 Å². The van der Waals surface area contributed by atoms with E-state index < -0.39 is 0 Å². The summed E-state index contributed by atoms with van der Waals surface area (Å²) in [5, 5.41) is 4.05. The molecule has 0 spiro atoms. The van der Waals surface area contributed by atoms with Crippen molar-refractivity contribution in [2.45, 2.75) is 51.4 Å². The number of benzene rings is 1. The van der Waals surface area contributed by atoms with Gasteiger partial charge in [-0.25, -0.2) is 0 Å². The van der Waals surface area contributed by atoms with Gasteiger partial charge in [-0.1, -0.05) is 18.0 Å². The summed E-state index contributed by atoms with van der Waals surface area (Å²) >= 11 is 0. The molecule has 160 valence electrons. The lowest BCUT2D eigenvalue weighted by Crippen LogP contribution is -2.30. The number of nitrogens with zero attached hydrogens (tertiary/aromatic N) is 4. The van der Waals surface area contributed by atoms with Gasteiger partial charge in [-0.3, -0.25) is 9.59 Å². The van der Waals surface area contributed by atoms with E-state index in [0.717, 1.165) is 31.5 Å². The Morgan fingerprint density at radius 1 is 1.10 bits per heavy atom. The van der Waals surface area contributed by atoms with Gasteiger partial charge in [0.15, 0.2) is 5.82 Å². The largest absolute Gasteiger partial charge is 0.345 e. The van der Waals surface area contributed by atoms with E-state index in [4.69, 9.17) is 4.52 Å². The highest BCUT2D eigenvalue weighted by molar-refractivity contribution is 5.94. The maximum atomic E-state index is 12.5. The molecule has 1 aliphatic carbocycles. The van der Waals surface area contributed by atoms with Crippen molar-refractivity contribution in [3.8, 4) is 11.5 Å². The van der Waals surface area contributed by atoms with Crippen molar-refractivity contribution in [2.24, 2.45) is 5.92 Å². The van der Waals surface area contributed by atoms with Crippen molar-refractivity contribution in [3.05, 3.63) is 35.7 Å². The molecule has 0 N–H and O–H groups in total. The standard InChI is InChI=1S/C23H30N4O3/c1-26(21(28)16-17-6-2-3-7-17)15-12-20-24-22(30-25-20)18-8-10-19(11-9-18)23(29)27-13-4-5-14-27/h8-11,17H,2-7,12-16H2,1H3. The highest BCUT2D eigenvalue weighted by Crippen LogP contribution is 2.28. The van der Waals surface area contributed by atoms with Crippen molar-refractivity contribution in [2.75, 3.05) is 26.7 Å². The zero-order valence-electron chi connectivity index (χ0n) is 17.7. The van der Waals surface area contributed by atoms with Crippen LogP contribution in [0.25, 0.3) is 11.5 Å². The van der Waals surface area contributed by atoms with Crippen LogP contribution in [0.4, 0.5) is 0 Å². The van der Waals surface area contributed by atoms with Crippen molar-refractivity contribution >= 4 is 11.8 Å². The minimum absolute atomic E-state index is 0.0792. The fourth-order valence-corrected chi connectivity index (χ4v) is 4.34. The van der Waals surface area contributed by atoms with Gasteiger partial charge in [0.05, 0.1) is 0 Å². The Hall–Kier alpha value is -2.70. The van der Waals surface area contributed by atoms with Crippen LogP contribution in [-0.4, -0.2) is 58.4 Å². The Balaban J connectivity index is 1.30. The molecule has 0 bridgehead atoms. The smallest absolute Gasteiger partial charge is 0.257 e. The second-order valence-corrected chi connectivity index (χ2v) is 8.51. The third-order valence-corrected chi connectivity index (χ3v) is 6.27. The highest BCUT2D eigenvalue weighted by atomic mass is 16.5. The summed E-state index contributed by atoms with van der Waals surface area (Å²) in [4.78, 5) is 32.9. The molecular formula is C23H30N4O3. The van der Waals surface area contributed by atoms with Gasteiger partial charge in [-0.15, -0.1) is 0 Å². The summed E-state index contributed by atoms with van der Waals surface area (Å²) in [5.41, 5.74) is 1.47. The quantitative estimate of drug-likeness (QED) is 0.697. The molecule has 2 heterocycles. The average Bonchev–Trinajstić information content (AvgIpc) is 3.54. The van der Waals surface area contributed by atoms with E-state index in [1.54, 1.807) is 4.90 Å². The van der Waals surface area contributed by atoms with Crippen molar-refractivity contribution in [1.29, 1.82) is 0 Å². The molecule has 0 unspecified atom stereocenters. The molecule has 2 aliphatic rings. The second kappa shape index (κ2) is 9.41. The molecule has 0 radical (unpaired) electrons. The second-order valence-electron chi connectivity index (χ2n) is 8.51. The number of carbonyl (C=O) groups is 2. The van der Waals surface area contributed by atoms with E-state index in [9.17, 15) is 9.59 Å². The molecule has 1 aliphatic heterocycles. The molecule has 0 atom stereocenters. The summed E-state index contributed by atoms with van der Waals surface area (Å²) < 4.78 is 5.39. The summed E-state index contributed by atoms with van der Waals surface area (Å²) in [6.07, 6.45) is 8.22. The van der Waals surface area contributed by atoms with E-state index in [-0.39, 0.29) is 11.8 Å². The van der Waals surface area contributed by atoms with Crippen LogP contribution >= 0.6 is 0 Å². The predicted molar refractivity (Wildman–Crippen MR) is 113 cm³/mol. The Morgan fingerprint density at radius 3 is 2.50 bits per heavy atom. The maximum absolute atomic E-state index is 12.5. The zero-order chi connectivity index (χ0) is 20.9. The molecule has 1 saturated heterocycles. The number of hydrogen-bond acceptors (Lipinski definition) is 5. The van der Waals surface area contributed by atoms with Gasteiger partial charge in [-0.05, 0) is 55.9 Å². The van der Waals surface area contributed by atoms with Gasteiger partial charge in [-0.2, -0.15) is 4.98 Å². The number of rotatable bonds is 7. The SMILES string of the molecule is CN(CCc1noc(-c2ccc(C(=O)N3CCCC3)cc2)n1)C(=O)CC1CCCC1. The van der Waals surface area contributed by atoms with Crippen molar-refractivity contribution in [3.63, 3.8) is 0 Å². The van der Waals surface area contributed by atoms with Crippen LogP contribution in [0.3, 0.4) is 0 Å². The highest BCUT2D eigenvalue weighted by Gasteiger charge is 2.21. The molecular weight excluding hydrogens is 380 g/mol. The van der Waals surface area contributed by atoms with Crippen LogP contribution in [-0.2, 0) is 11.2 Å². The normalized spacial score (nSPS) is 16.9. The van der Waals surface area contributed by atoms with Crippen LogP contribution < -0.4 is 0 Å². The van der Waals surface area contributed by atoms with Crippen LogP contribution in [0.1, 0.15) is 61.1 Å². The first kappa shape index (κ1) is 20.6. The van der Waals surface area contributed by atoms with Crippen molar-refractivity contribution < 1.29 is 14.1 Å². The van der Waals surface area contributed by atoms with Gasteiger partial charge in [0.25, 0.3) is 11.8 Å². The number of likely N-dealkylation sites (N-methyl/N-ethyl adjacent to an activating group) is 1. The molecule has 7 heteroatoms. The molecule has 2 aromatic rings. The maximum Gasteiger partial charge on any atom is 0.257 e. The number of hydrogen-bond donors (Lipinski definition) is 0. The molecule has 4 rings (SSSR count). The summed E-state index contributed by atoms with van der Waals surface area (Å²) in [5.74, 6) is 1.85. The van der Waals surface area contributed by atoms with Gasteiger partial charge in [0.2, 0.25) is 5.91 Å². The number of carbonyl (C=O) groups excluding carboxylic acids is 2. The van der Waals surface area contributed by atoms with Gasteiger partial charge in [0, 0.05) is 50.7 Å². The van der Waals surface area contributed by atoms with Crippen LogP contribution in [0, 0.1) is 5.92 Å². The third kappa shape index (κ3) is 4.89. The van der Waals surface area contributed by atoms with E-state index >= 15 is 0 Å². The lowest BCUT2D eigenvalue weighted by atomic mass is 10.0. The van der Waals surface area contributed by atoms with E-state index in [2.05, 4.69) is 10.1 Å². The predicted octanol–water partition coefficient (Wildman–Crippen LogP) is 3.55. The molecule has 30 heavy (non-hydrogen) atoms. The Bertz CT molecular complexity index is 865. The molecule has 1 aromatic carbocycles.